The molecular formula is C12H17BrN2O. The number of nitrogens with zero attached hydrogens (tertiary/aromatic N) is 1. The molecule has 1 aromatic carbocycles. The minimum Gasteiger partial charge on any atom is -0.496 e. The molecule has 1 unspecified atom stereocenters. The molecule has 0 radical (unpaired) electrons. The average molecular weight is 285 g/mol. The first-order chi connectivity index (χ1) is 7.70. The van der Waals surface area contributed by atoms with Gasteiger partial charge in [0.25, 0.3) is 0 Å². The fourth-order valence-electron chi connectivity index (χ4n) is 2.08. The van der Waals surface area contributed by atoms with E-state index < -0.39 is 0 Å². The maximum absolute atomic E-state index is 5.41. The number of ether oxygens (including phenoxy) is 1. The number of hydrogen-bond acceptors (Lipinski definition) is 3. The Hall–Kier alpha value is -0.580. The molecule has 1 aromatic rings. The van der Waals surface area contributed by atoms with Crippen molar-refractivity contribution in [2.45, 2.75) is 6.04 Å². The van der Waals surface area contributed by atoms with E-state index in [9.17, 15) is 0 Å². The SMILES string of the molecule is COc1ccc(Br)cc1C1CN(C)CCN1. The molecule has 16 heavy (non-hydrogen) atoms. The number of hydrogen-bond donors (Lipinski definition) is 1. The lowest BCUT2D eigenvalue weighted by atomic mass is 10.0. The van der Waals surface area contributed by atoms with Gasteiger partial charge in [-0.2, -0.15) is 0 Å². The number of nitrogens with one attached hydrogen (secondary N) is 1. The molecule has 0 saturated carbocycles. The number of likely N-dealkylation sites (N-methyl/N-ethyl adjacent to an activating group) is 1. The summed E-state index contributed by atoms with van der Waals surface area (Å²) in [7, 11) is 3.87. The Bertz CT molecular complexity index is 370. The molecule has 0 aliphatic carbocycles. The molecule has 0 spiro atoms. The predicted octanol–water partition coefficient (Wildman–Crippen LogP) is 2.03. The minimum atomic E-state index is 0.353. The summed E-state index contributed by atoms with van der Waals surface area (Å²) in [5.41, 5.74) is 1.23. The van der Waals surface area contributed by atoms with E-state index in [2.05, 4.69) is 39.3 Å². The van der Waals surface area contributed by atoms with Crippen LogP contribution in [0.25, 0.3) is 0 Å². The summed E-state index contributed by atoms with van der Waals surface area (Å²) < 4.78 is 6.51. The smallest absolute Gasteiger partial charge is 0.123 e. The van der Waals surface area contributed by atoms with E-state index in [1.165, 1.54) is 5.56 Å². The summed E-state index contributed by atoms with van der Waals surface area (Å²) in [6, 6.07) is 6.51. The van der Waals surface area contributed by atoms with E-state index in [1.807, 2.05) is 12.1 Å². The van der Waals surface area contributed by atoms with Gasteiger partial charge < -0.3 is 15.0 Å². The highest BCUT2D eigenvalue weighted by atomic mass is 79.9. The molecular weight excluding hydrogens is 268 g/mol. The van der Waals surface area contributed by atoms with Gasteiger partial charge in [-0.15, -0.1) is 0 Å². The highest BCUT2D eigenvalue weighted by molar-refractivity contribution is 9.10. The van der Waals surface area contributed by atoms with Crippen molar-refractivity contribution in [1.29, 1.82) is 0 Å². The predicted molar refractivity (Wildman–Crippen MR) is 68.9 cm³/mol. The van der Waals surface area contributed by atoms with Crippen molar-refractivity contribution in [1.82, 2.24) is 10.2 Å². The molecule has 0 amide bonds. The van der Waals surface area contributed by atoms with Crippen LogP contribution in [-0.2, 0) is 0 Å². The van der Waals surface area contributed by atoms with Gasteiger partial charge in [0, 0.05) is 35.7 Å². The van der Waals surface area contributed by atoms with E-state index in [-0.39, 0.29) is 0 Å². The van der Waals surface area contributed by atoms with Gasteiger partial charge in [-0.3, -0.25) is 0 Å². The summed E-state index contributed by atoms with van der Waals surface area (Å²) in [6.45, 7) is 3.15. The summed E-state index contributed by atoms with van der Waals surface area (Å²) >= 11 is 3.51. The second kappa shape index (κ2) is 5.17. The maximum atomic E-state index is 5.41. The van der Waals surface area contributed by atoms with Gasteiger partial charge in [0.15, 0.2) is 0 Å². The quantitative estimate of drug-likeness (QED) is 0.900. The van der Waals surface area contributed by atoms with Gasteiger partial charge in [0.05, 0.1) is 7.11 Å². The first-order valence-electron chi connectivity index (χ1n) is 5.46. The zero-order valence-electron chi connectivity index (χ0n) is 9.66. The van der Waals surface area contributed by atoms with Crippen LogP contribution in [0.3, 0.4) is 0 Å². The number of methoxy groups -OCH3 is 1. The van der Waals surface area contributed by atoms with Crippen molar-refractivity contribution in [3.63, 3.8) is 0 Å². The van der Waals surface area contributed by atoms with Gasteiger partial charge in [-0.05, 0) is 25.2 Å². The van der Waals surface area contributed by atoms with Crippen molar-refractivity contribution in [3.05, 3.63) is 28.2 Å². The minimum absolute atomic E-state index is 0.353. The molecule has 0 aromatic heterocycles. The molecule has 3 nitrogen and oxygen atoms in total. The molecule has 88 valence electrons. The second-order valence-corrected chi connectivity index (χ2v) is 5.07. The topological polar surface area (TPSA) is 24.5 Å². The number of piperazine rings is 1. The molecule has 1 saturated heterocycles. The molecule has 1 heterocycles. The van der Waals surface area contributed by atoms with E-state index >= 15 is 0 Å². The summed E-state index contributed by atoms with van der Waals surface area (Å²) in [5, 5.41) is 3.53. The van der Waals surface area contributed by atoms with Crippen LogP contribution in [0.5, 0.6) is 5.75 Å². The first kappa shape index (κ1) is 11.9. The fourth-order valence-corrected chi connectivity index (χ4v) is 2.46. The van der Waals surface area contributed by atoms with Crippen LogP contribution in [-0.4, -0.2) is 38.7 Å². The van der Waals surface area contributed by atoms with Crippen LogP contribution in [0, 0.1) is 0 Å². The van der Waals surface area contributed by atoms with Crippen molar-refractivity contribution in [2.24, 2.45) is 0 Å². The summed E-state index contributed by atoms with van der Waals surface area (Å²) in [6.07, 6.45) is 0. The Labute approximate surface area is 105 Å². The van der Waals surface area contributed by atoms with Crippen LogP contribution < -0.4 is 10.1 Å². The normalized spacial score (nSPS) is 22.1. The number of rotatable bonds is 2. The van der Waals surface area contributed by atoms with Crippen molar-refractivity contribution < 1.29 is 4.74 Å². The first-order valence-corrected chi connectivity index (χ1v) is 6.25. The summed E-state index contributed by atoms with van der Waals surface area (Å²) in [5.74, 6) is 0.955. The van der Waals surface area contributed by atoms with Crippen LogP contribution in [0.1, 0.15) is 11.6 Å². The third-order valence-corrected chi connectivity index (χ3v) is 3.44. The van der Waals surface area contributed by atoms with E-state index in [1.54, 1.807) is 7.11 Å². The zero-order chi connectivity index (χ0) is 11.5. The van der Waals surface area contributed by atoms with Crippen molar-refractivity contribution >= 4 is 15.9 Å². The third kappa shape index (κ3) is 2.56. The zero-order valence-corrected chi connectivity index (χ0v) is 11.3. The Morgan fingerprint density at radius 1 is 1.50 bits per heavy atom. The van der Waals surface area contributed by atoms with Crippen molar-refractivity contribution in [3.8, 4) is 5.75 Å². The Balaban J connectivity index is 2.26. The van der Waals surface area contributed by atoms with Gasteiger partial charge in [-0.1, -0.05) is 15.9 Å². The monoisotopic (exact) mass is 284 g/mol. The van der Waals surface area contributed by atoms with Gasteiger partial charge in [0.1, 0.15) is 5.75 Å². The molecule has 1 N–H and O–H groups in total. The Morgan fingerprint density at radius 2 is 2.31 bits per heavy atom. The highest BCUT2D eigenvalue weighted by Gasteiger charge is 2.21. The van der Waals surface area contributed by atoms with E-state index in [4.69, 9.17) is 4.74 Å². The summed E-state index contributed by atoms with van der Waals surface area (Å²) in [4.78, 5) is 2.33. The molecule has 2 rings (SSSR count). The van der Waals surface area contributed by atoms with Crippen LogP contribution >= 0.6 is 15.9 Å². The standard InChI is InChI=1S/C12H17BrN2O/c1-15-6-5-14-11(8-15)10-7-9(13)3-4-12(10)16-2/h3-4,7,11,14H,5-6,8H2,1-2H3. The lowest BCUT2D eigenvalue weighted by Crippen LogP contribution is -2.43. The van der Waals surface area contributed by atoms with Crippen LogP contribution in [0.15, 0.2) is 22.7 Å². The molecule has 1 fully saturated rings. The Kier molecular flexibility index (Phi) is 3.84. The molecule has 4 heteroatoms. The molecule has 1 aliphatic heterocycles. The molecule has 0 bridgehead atoms. The molecule has 1 atom stereocenters. The van der Waals surface area contributed by atoms with E-state index in [0.717, 1.165) is 29.9 Å². The molecule has 1 aliphatic rings. The van der Waals surface area contributed by atoms with Gasteiger partial charge in [-0.25, -0.2) is 0 Å². The Morgan fingerprint density at radius 3 is 3.00 bits per heavy atom. The average Bonchev–Trinajstić information content (AvgIpc) is 2.29. The van der Waals surface area contributed by atoms with Gasteiger partial charge in [0.2, 0.25) is 0 Å². The van der Waals surface area contributed by atoms with Gasteiger partial charge >= 0.3 is 0 Å². The number of benzene rings is 1. The highest BCUT2D eigenvalue weighted by Crippen LogP contribution is 2.29. The lowest BCUT2D eigenvalue weighted by Gasteiger charge is -2.32. The maximum Gasteiger partial charge on any atom is 0.123 e. The van der Waals surface area contributed by atoms with Crippen LogP contribution in [0.4, 0.5) is 0 Å². The lowest BCUT2D eigenvalue weighted by molar-refractivity contribution is 0.237. The number of halogens is 1. The third-order valence-electron chi connectivity index (χ3n) is 2.95. The van der Waals surface area contributed by atoms with E-state index in [0.29, 0.717) is 6.04 Å². The van der Waals surface area contributed by atoms with Crippen LogP contribution in [0.2, 0.25) is 0 Å². The largest absolute Gasteiger partial charge is 0.496 e. The second-order valence-electron chi connectivity index (χ2n) is 4.16. The fraction of sp³-hybridized carbons (Fsp3) is 0.500. The van der Waals surface area contributed by atoms with Crippen molar-refractivity contribution in [2.75, 3.05) is 33.8 Å².